The van der Waals surface area contributed by atoms with Crippen LogP contribution < -0.4 is 0 Å². The van der Waals surface area contributed by atoms with E-state index in [2.05, 4.69) is 53.7 Å². The van der Waals surface area contributed by atoms with E-state index in [9.17, 15) is 55.2 Å². The van der Waals surface area contributed by atoms with Gasteiger partial charge < -0.3 is 45.6 Å². The van der Waals surface area contributed by atoms with Crippen molar-refractivity contribution >= 4 is 23.9 Å². The van der Waals surface area contributed by atoms with Crippen LogP contribution in [0, 0.1) is 101 Å². The zero-order chi connectivity index (χ0) is 53.8. The zero-order valence-electron chi connectivity index (χ0n) is 46.0. The van der Waals surface area contributed by atoms with Gasteiger partial charge >= 0.3 is 23.9 Å². The topological polar surface area (TPSA) is 239 Å². The first-order chi connectivity index (χ1) is 33.5. The number of carboxylic acid groups (broad SMARTS) is 3. The number of hydrogen-bond acceptors (Lipinski definition) is 10. The van der Waals surface area contributed by atoms with Crippen molar-refractivity contribution in [2.24, 2.45) is 101 Å². The molecule has 0 amide bonds. The van der Waals surface area contributed by atoms with Gasteiger partial charge in [0, 0.05) is 11.8 Å². The second kappa shape index (κ2) is 15.9. The molecule has 0 aromatic rings. The van der Waals surface area contributed by atoms with Crippen LogP contribution >= 0.6 is 0 Å². The number of hydrogen-bond donors (Lipinski definition) is 8. The molecule has 8 saturated carbocycles. The summed E-state index contributed by atoms with van der Waals surface area (Å²) in [6.45, 7) is 24.2. The van der Waals surface area contributed by atoms with E-state index in [1.54, 1.807) is 13.8 Å². The van der Waals surface area contributed by atoms with Gasteiger partial charge in [-0.1, -0.05) is 78.7 Å². The molecule has 0 radical (unpaired) electrons. The van der Waals surface area contributed by atoms with E-state index in [4.69, 9.17) is 4.74 Å². The monoisotopic (exact) mass is 1020 g/mol. The quantitative estimate of drug-likeness (QED) is 0.0949. The Morgan fingerprint density at radius 2 is 0.918 bits per heavy atom. The lowest BCUT2D eigenvalue weighted by Crippen LogP contribution is -2.71. The molecule has 0 saturated heterocycles. The molecule has 0 aromatic carbocycles. The maximum Gasteiger partial charge on any atom is 0.315 e. The zero-order valence-corrected chi connectivity index (χ0v) is 46.0. The Morgan fingerprint density at radius 1 is 0.507 bits per heavy atom. The van der Waals surface area contributed by atoms with Crippen molar-refractivity contribution < 1.29 is 64.8 Å². The molecule has 10 aliphatic rings. The summed E-state index contributed by atoms with van der Waals surface area (Å²) in [6.07, 6.45) is 6.63. The molecule has 8 fully saturated rings. The lowest BCUT2D eigenvalue weighted by molar-refractivity contribution is -0.264. The van der Waals surface area contributed by atoms with Crippen LogP contribution in [0.5, 0.6) is 0 Å². The molecule has 0 unspecified atom stereocenters. The predicted molar refractivity (Wildman–Crippen MR) is 271 cm³/mol. The van der Waals surface area contributed by atoms with Crippen molar-refractivity contribution in [2.45, 2.75) is 221 Å². The van der Waals surface area contributed by atoms with Gasteiger partial charge in [-0.05, 0) is 198 Å². The van der Waals surface area contributed by atoms with Gasteiger partial charge in [-0.3, -0.25) is 19.2 Å². The van der Waals surface area contributed by atoms with Crippen molar-refractivity contribution in [1.82, 2.24) is 0 Å². The summed E-state index contributed by atoms with van der Waals surface area (Å²) >= 11 is 0. The lowest BCUT2D eigenvalue weighted by Gasteiger charge is -2.72. The minimum absolute atomic E-state index is 0.103. The maximum atomic E-state index is 15.6. The molecule has 0 heterocycles. The average Bonchev–Trinajstić information content (AvgIpc) is 3.29. The Bertz CT molecular complexity index is 2440. The predicted octanol–water partition coefficient (Wildman–Crippen LogP) is 8.96. The van der Waals surface area contributed by atoms with Crippen LogP contribution in [0.1, 0.15) is 186 Å². The molecular formula is C60H90O13. The number of aliphatic hydroxyl groups excluding tert-OH is 3. The SMILES string of the molecule is C[C@@H]1CC[C@]2(C(=O)O)CC[C@]3(C)C(=CC[C@@H]4[C@@]5(C)C[C@@H](O)[C@@H](O)[C@](C)(C(=O)O[C@@H]6C[C@@]7(C)[C@@H](CC[C@]8(C)[C@@H]7CC=C7[C@H]9[C@](C(=O)O)(CC[C@@H](C)[C@@]9(C)O)CC[C@]78C)[C@@](C)(C(=O)O)[C@@H]6O)[C@@H]5CC[C@]43C)[C@@H]2[C@]1(C)O. The molecule has 0 aromatic heterocycles. The number of rotatable bonds is 5. The van der Waals surface area contributed by atoms with Crippen LogP contribution in [-0.2, 0) is 23.9 Å². The highest BCUT2D eigenvalue weighted by Crippen LogP contribution is 2.79. The summed E-state index contributed by atoms with van der Waals surface area (Å²) in [6, 6.07) is 0. The van der Waals surface area contributed by atoms with Gasteiger partial charge in [0.25, 0.3) is 0 Å². The Hall–Kier alpha value is -2.84. The van der Waals surface area contributed by atoms with Crippen molar-refractivity contribution in [3.05, 3.63) is 23.3 Å². The van der Waals surface area contributed by atoms with Crippen molar-refractivity contribution in [3.8, 4) is 0 Å². The van der Waals surface area contributed by atoms with E-state index in [1.807, 2.05) is 27.7 Å². The largest absolute Gasteiger partial charge is 0.481 e. The van der Waals surface area contributed by atoms with Crippen molar-refractivity contribution in [3.63, 3.8) is 0 Å². The number of carboxylic acids is 3. The summed E-state index contributed by atoms with van der Waals surface area (Å²) in [4.78, 5) is 56.1. The molecule has 10 aliphatic carbocycles. The summed E-state index contributed by atoms with van der Waals surface area (Å²) in [5.74, 6) is -6.33. The summed E-state index contributed by atoms with van der Waals surface area (Å²) in [5.41, 5.74) is -9.55. The summed E-state index contributed by atoms with van der Waals surface area (Å²) in [5, 5.41) is 94.8. The third-order valence-corrected chi connectivity index (χ3v) is 27.3. The second-order valence-electron chi connectivity index (χ2n) is 29.4. The molecule has 0 aliphatic heterocycles. The Kier molecular flexibility index (Phi) is 11.7. The highest BCUT2D eigenvalue weighted by molar-refractivity contribution is 5.80. The molecule has 10 rings (SSSR count). The summed E-state index contributed by atoms with van der Waals surface area (Å²) in [7, 11) is 0. The fraction of sp³-hybridized carbons (Fsp3) is 0.867. The normalized spacial score (nSPS) is 58.0. The number of aliphatic carboxylic acids is 3. The minimum atomic E-state index is -1.73. The van der Waals surface area contributed by atoms with Gasteiger partial charge in [0.15, 0.2) is 0 Å². The Labute approximate surface area is 433 Å². The van der Waals surface area contributed by atoms with Crippen LogP contribution in [0.4, 0.5) is 0 Å². The maximum absolute atomic E-state index is 15.6. The van der Waals surface area contributed by atoms with E-state index < -0.39 is 137 Å². The molecule has 0 bridgehead atoms. The van der Waals surface area contributed by atoms with Crippen LogP contribution in [0.25, 0.3) is 0 Å². The average molecular weight is 1020 g/mol. The Morgan fingerprint density at radius 3 is 1.33 bits per heavy atom. The number of fused-ring (bicyclic) bond motifs is 14. The first kappa shape index (κ1) is 53.6. The smallest absolute Gasteiger partial charge is 0.315 e. The molecule has 8 N–H and O–H groups in total. The molecular weight excluding hydrogens is 929 g/mol. The van der Waals surface area contributed by atoms with Gasteiger partial charge in [-0.25, -0.2) is 0 Å². The number of allylic oxidation sites excluding steroid dienone is 2. The van der Waals surface area contributed by atoms with Gasteiger partial charge in [0.05, 0.1) is 45.1 Å². The van der Waals surface area contributed by atoms with Crippen LogP contribution in [-0.4, -0.2) is 100 Å². The van der Waals surface area contributed by atoms with Crippen LogP contribution in [0.15, 0.2) is 23.3 Å². The van der Waals surface area contributed by atoms with Crippen molar-refractivity contribution in [1.29, 1.82) is 0 Å². The van der Waals surface area contributed by atoms with E-state index >= 15 is 4.79 Å². The van der Waals surface area contributed by atoms with Gasteiger partial charge in [0.1, 0.15) is 12.2 Å². The minimum Gasteiger partial charge on any atom is -0.481 e. The molecule has 24 atom stereocenters. The molecule has 408 valence electrons. The number of ether oxygens (including phenoxy) is 1. The number of esters is 1. The number of carbonyl (C=O) groups is 4. The van der Waals surface area contributed by atoms with Crippen molar-refractivity contribution in [2.75, 3.05) is 0 Å². The standard InChI is InChI=1S/C60H90O13/c1-31-17-23-59(46(66)67)27-25-51(5)33(41(59)57(31,11)71)13-15-37-49(3)29-35(61)43(62)56(10,40(49)20-22-53(37,51)7)48(70)73-36-30-50(4)38-16-14-34-42-58(12,72)32(2)18-24-60(42,47(68)69)28-26-52(34,6)54(38,8)21-19-39(50)55(9,44(36)63)45(64)65/h13-14,31-32,35-44,61-63,71-72H,15-30H2,1-12H3,(H,64,65)(H,66,67)(H,68,69)/t31-,32-,35-,36-,37-,38-,39-,40-,41-,42-,43-,44-,49-,50-,51-,52-,53-,54-,55-,56-,57-,58-,59+,60+/m1/s1. The van der Waals surface area contributed by atoms with Gasteiger partial charge in [0.2, 0.25) is 0 Å². The van der Waals surface area contributed by atoms with E-state index in [-0.39, 0.29) is 36.5 Å². The first-order valence-corrected chi connectivity index (χ1v) is 28.4. The highest BCUT2D eigenvalue weighted by Gasteiger charge is 2.77. The fourth-order valence-corrected chi connectivity index (χ4v) is 22.2. The molecule has 73 heavy (non-hydrogen) atoms. The molecule has 13 nitrogen and oxygen atoms in total. The lowest BCUT2D eigenvalue weighted by atomic mass is 9.32. The van der Waals surface area contributed by atoms with Crippen LogP contribution in [0.3, 0.4) is 0 Å². The third kappa shape index (κ3) is 6.15. The Balaban J connectivity index is 0.997. The van der Waals surface area contributed by atoms with E-state index in [1.165, 1.54) is 0 Å². The first-order valence-electron chi connectivity index (χ1n) is 28.4. The second-order valence-corrected chi connectivity index (χ2v) is 29.4. The van der Waals surface area contributed by atoms with Gasteiger partial charge in [-0.15, -0.1) is 0 Å². The fourth-order valence-electron chi connectivity index (χ4n) is 22.2. The number of carbonyl (C=O) groups excluding carboxylic acids is 1. The molecule has 0 spiro atoms. The van der Waals surface area contributed by atoms with Crippen LogP contribution in [0.2, 0.25) is 0 Å². The third-order valence-electron chi connectivity index (χ3n) is 27.3. The van der Waals surface area contributed by atoms with E-state index in [0.29, 0.717) is 89.9 Å². The highest BCUT2D eigenvalue weighted by atomic mass is 16.6. The van der Waals surface area contributed by atoms with E-state index in [0.717, 1.165) is 11.1 Å². The molecule has 13 heteroatoms. The summed E-state index contributed by atoms with van der Waals surface area (Å²) < 4.78 is 6.67. The van der Waals surface area contributed by atoms with Gasteiger partial charge in [-0.2, -0.15) is 0 Å². The number of aliphatic hydroxyl groups is 5.